The highest BCUT2D eigenvalue weighted by molar-refractivity contribution is 7.14. The number of non-ortho nitro benzene ring substituents is 1. The predicted octanol–water partition coefficient (Wildman–Crippen LogP) is 5.24. The van der Waals surface area contributed by atoms with Crippen LogP contribution in [0.4, 0.5) is 10.8 Å². The first-order valence-electron chi connectivity index (χ1n) is 7.63. The summed E-state index contributed by atoms with van der Waals surface area (Å²) in [6.07, 6.45) is 0. The van der Waals surface area contributed by atoms with Gasteiger partial charge in [-0.1, -0.05) is 29.3 Å². The Balaban J connectivity index is 1.82. The monoisotopic (exact) mass is 387 g/mol. The van der Waals surface area contributed by atoms with Gasteiger partial charge in [-0.15, -0.1) is 11.3 Å². The topological polar surface area (TPSA) is 85.1 Å². The summed E-state index contributed by atoms with van der Waals surface area (Å²) in [6, 6.07) is 9.83. The lowest BCUT2D eigenvalue weighted by Crippen LogP contribution is -2.12. The zero-order valence-corrected chi connectivity index (χ0v) is 15.5. The zero-order chi connectivity index (χ0) is 18.8. The molecule has 0 spiro atoms. The molecule has 6 nitrogen and oxygen atoms in total. The minimum absolute atomic E-state index is 0.0167. The number of benzene rings is 2. The number of hydrogen-bond donors (Lipinski definition) is 1. The van der Waals surface area contributed by atoms with Gasteiger partial charge in [-0.05, 0) is 31.5 Å². The third kappa shape index (κ3) is 3.74. The summed E-state index contributed by atoms with van der Waals surface area (Å²) in [5, 5.41) is 15.8. The van der Waals surface area contributed by atoms with Crippen LogP contribution >= 0.6 is 22.9 Å². The summed E-state index contributed by atoms with van der Waals surface area (Å²) in [4.78, 5) is 27.0. The van der Waals surface area contributed by atoms with Crippen molar-refractivity contribution in [3.63, 3.8) is 0 Å². The Morgan fingerprint density at radius 1 is 1.23 bits per heavy atom. The van der Waals surface area contributed by atoms with Gasteiger partial charge in [0.2, 0.25) is 0 Å². The molecule has 8 heteroatoms. The van der Waals surface area contributed by atoms with Crippen molar-refractivity contribution >= 4 is 39.7 Å². The lowest BCUT2D eigenvalue weighted by Gasteiger charge is -2.05. The number of halogens is 1. The first-order valence-corrected chi connectivity index (χ1v) is 8.89. The molecule has 0 saturated carbocycles. The minimum Gasteiger partial charge on any atom is -0.298 e. The molecule has 1 aromatic heterocycles. The lowest BCUT2D eigenvalue weighted by atomic mass is 10.0. The minimum atomic E-state index is -0.565. The number of thiazole rings is 1. The van der Waals surface area contributed by atoms with E-state index in [4.69, 9.17) is 11.6 Å². The molecule has 1 N–H and O–H groups in total. The van der Waals surface area contributed by atoms with E-state index in [1.165, 1.54) is 23.5 Å². The van der Waals surface area contributed by atoms with E-state index in [1.807, 2.05) is 37.4 Å². The van der Waals surface area contributed by atoms with Crippen molar-refractivity contribution in [2.24, 2.45) is 0 Å². The van der Waals surface area contributed by atoms with Crippen LogP contribution in [0.25, 0.3) is 11.3 Å². The third-order valence-corrected chi connectivity index (χ3v) is 4.87. The van der Waals surface area contributed by atoms with E-state index in [2.05, 4.69) is 10.3 Å². The van der Waals surface area contributed by atoms with Crippen LogP contribution in [0, 0.1) is 24.0 Å². The number of nitrogens with zero attached hydrogens (tertiary/aromatic N) is 2. The highest BCUT2D eigenvalue weighted by Gasteiger charge is 2.16. The average molecular weight is 388 g/mol. The van der Waals surface area contributed by atoms with Crippen molar-refractivity contribution in [2.75, 3.05) is 5.32 Å². The summed E-state index contributed by atoms with van der Waals surface area (Å²) < 4.78 is 0. The number of rotatable bonds is 4. The fourth-order valence-corrected chi connectivity index (χ4v) is 3.40. The van der Waals surface area contributed by atoms with E-state index < -0.39 is 10.8 Å². The quantitative estimate of drug-likeness (QED) is 0.490. The molecule has 3 rings (SSSR count). The van der Waals surface area contributed by atoms with E-state index in [-0.39, 0.29) is 16.3 Å². The molecule has 0 saturated heterocycles. The Bertz CT molecular complexity index is 1020. The second-order valence-corrected chi connectivity index (χ2v) is 7.00. The van der Waals surface area contributed by atoms with Crippen LogP contribution < -0.4 is 5.32 Å². The molecule has 0 aliphatic rings. The fraction of sp³-hybridized carbons (Fsp3) is 0.111. The highest BCUT2D eigenvalue weighted by Crippen LogP contribution is 2.29. The molecule has 0 bridgehead atoms. The molecule has 0 fully saturated rings. The summed E-state index contributed by atoms with van der Waals surface area (Å²) in [7, 11) is 0. The molecule has 1 heterocycles. The molecule has 1 amide bonds. The van der Waals surface area contributed by atoms with Crippen LogP contribution in [0.5, 0.6) is 0 Å². The number of nitro benzene ring substituents is 1. The number of nitro groups is 1. The Labute approximate surface area is 158 Å². The number of aryl methyl sites for hydroxylation is 2. The maximum Gasteiger partial charge on any atom is 0.270 e. The SMILES string of the molecule is Cc1ccc(C)c(-c2csc(NC(=O)c3ccc([N+](=O)[O-])cc3Cl)n2)c1. The molecule has 132 valence electrons. The zero-order valence-electron chi connectivity index (χ0n) is 13.9. The molecule has 3 aromatic rings. The Morgan fingerprint density at radius 3 is 2.69 bits per heavy atom. The van der Waals surface area contributed by atoms with E-state index in [9.17, 15) is 14.9 Å². The fourth-order valence-electron chi connectivity index (χ4n) is 2.43. The molecule has 0 unspecified atom stereocenters. The first-order chi connectivity index (χ1) is 12.3. The molecule has 0 aliphatic carbocycles. The van der Waals surface area contributed by atoms with Crippen molar-refractivity contribution in [1.82, 2.24) is 4.98 Å². The normalized spacial score (nSPS) is 10.6. The van der Waals surface area contributed by atoms with E-state index in [0.717, 1.165) is 28.5 Å². The Hall–Kier alpha value is -2.77. The maximum absolute atomic E-state index is 12.4. The number of aromatic nitrogens is 1. The summed E-state index contributed by atoms with van der Waals surface area (Å²) in [6.45, 7) is 4.01. The predicted molar refractivity (Wildman–Crippen MR) is 103 cm³/mol. The van der Waals surface area contributed by atoms with Gasteiger partial charge in [-0.25, -0.2) is 4.98 Å². The van der Waals surface area contributed by atoms with Gasteiger partial charge in [-0.3, -0.25) is 20.2 Å². The molecule has 0 atom stereocenters. The van der Waals surface area contributed by atoms with Crippen LogP contribution in [0.1, 0.15) is 21.5 Å². The van der Waals surface area contributed by atoms with Crippen molar-refractivity contribution in [3.05, 3.63) is 73.6 Å². The molecule has 0 radical (unpaired) electrons. The smallest absolute Gasteiger partial charge is 0.270 e. The maximum atomic E-state index is 12.4. The summed E-state index contributed by atoms with van der Waals surface area (Å²) >= 11 is 7.29. The molecule has 2 aromatic carbocycles. The Kier molecular flexibility index (Phi) is 5.01. The number of nitrogens with one attached hydrogen (secondary N) is 1. The molecule has 26 heavy (non-hydrogen) atoms. The number of amides is 1. The van der Waals surface area contributed by atoms with Crippen molar-refractivity contribution in [3.8, 4) is 11.3 Å². The van der Waals surface area contributed by atoms with Gasteiger partial charge in [0.05, 0.1) is 21.2 Å². The summed E-state index contributed by atoms with van der Waals surface area (Å²) in [5.74, 6) is -0.466. The number of carbonyl (C=O) groups excluding carboxylic acids is 1. The Morgan fingerprint density at radius 2 is 2.00 bits per heavy atom. The van der Waals surface area contributed by atoms with Crippen molar-refractivity contribution in [1.29, 1.82) is 0 Å². The van der Waals surface area contributed by atoms with Crippen LogP contribution in [0.2, 0.25) is 5.02 Å². The van der Waals surface area contributed by atoms with Crippen LogP contribution in [0.3, 0.4) is 0 Å². The lowest BCUT2D eigenvalue weighted by molar-refractivity contribution is -0.384. The van der Waals surface area contributed by atoms with Crippen LogP contribution in [-0.2, 0) is 0 Å². The van der Waals surface area contributed by atoms with E-state index in [0.29, 0.717) is 5.13 Å². The average Bonchev–Trinajstić information content (AvgIpc) is 3.05. The standard InChI is InChI=1S/C18H14ClN3O3S/c1-10-3-4-11(2)14(7-10)16-9-26-18(20-16)21-17(23)13-6-5-12(22(24)25)8-15(13)19/h3-9H,1-2H3,(H,20,21,23). The van der Waals surface area contributed by atoms with Crippen LogP contribution in [0.15, 0.2) is 41.8 Å². The van der Waals surface area contributed by atoms with Gasteiger partial charge in [0.25, 0.3) is 11.6 Å². The second-order valence-electron chi connectivity index (χ2n) is 5.73. The molecular weight excluding hydrogens is 374 g/mol. The molecule has 0 aliphatic heterocycles. The van der Waals surface area contributed by atoms with Gasteiger partial charge < -0.3 is 0 Å². The van der Waals surface area contributed by atoms with Crippen molar-refractivity contribution < 1.29 is 9.72 Å². The van der Waals surface area contributed by atoms with E-state index in [1.54, 1.807) is 0 Å². The molecular formula is C18H14ClN3O3S. The number of carbonyl (C=O) groups is 1. The van der Waals surface area contributed by atoms with Gasteiger partial charge >= 0.3 is 0 Å². The van der Waals surface area contributed by atoms with Gasteiger partial charge in [0, 0.05) is 23.1 Å². The third-order valence-electron chi connectivity index (χ3n) is 3.80. The highest BCUT2D eigenvalue weighted by atomic mass is 35.5. The number of hydrogen-bond acceptors (Lipinski definition) is 5. The van der Waals surface area contributed by atoms with E-state index >= 15 is 0 Å². The van der Waals surface area contributed by atoms with Gasteiger partial charge in [0.15, 0.2) is 5.13 Å². The largest absolute Gasteiger partial charge is 0.298 e. The van der Waals surface area contributed by atoms with Gasteiger partial charge in [-0.2, -0.15) is 0 Å². The van der Waals surface area contributed by atoms with Crippen molar-refractivity contribution in [2.45, 2.75) is 13.8 Å². The number of anilines is 1. The summed E-state index contributed by atoms with van der Waals surface area (Å²) in [5.41, 5.74) is 3.99. The van der Waals surface area contributed by atoms with Gasteiger partial charge in [0.1, 0.15) is 0 Å². The second kappa shape index (κ2) is 7.23. The first kappa shape index (κ1) is 18.0. The van der Waals surface area contributed by atoms with Crippen LogP contribution in [-0.4, -0.2) is 15.8 Å².